The summed E-state index contributed by atoms with van der Waals surface area (Å²) in [5, 5.41) is 3.10. The molecule has 2 aliphatic heterocycles. The summed E-state index contributed by atoms with van der Waals surface area (Å²) in [6.45, 7) is 5.40. The number of hydrogen-bond acceptors (Lipinski definition) is 5. The van der Waals surface area contributed by atoms with Gasteiger partial charge >= 0.3 is 0 Å². The van der Waals surface area contributed by atoms with Crippen molar-refractivity contribution in [3.63, 3.8) is 0 Å². The fraction of sp³-hybridized carbons (Fsp3) is 0.381. The van der Waals surface area contributed by atoms with Crippen LogP contribution in [0.3, 0.4) is 0 Å². The molecule has 2 aromatic carbocycles. The van der Waals surface area contributed by atoms with Gasteiger partial charge in [-0.25, -0.2) is 0 Å². The van der Waals surface area contributed by atoms with Crippen molar-refractivity contribution in [1.82, 2.24) is 5.32 Å². The molecule has 2 unspecified atom stereocenters. The minimum absolute atomic E-state index is 0.172. The topological polar surface area (TPSA) is 66.0 Å². The Labute approximate surface area is 158 Å². The first-order chi connectivity index (χ1) is 13.1. The molecule has 0 saturated carbocycles. The number of amides is 1. The zero-order valence-corrected chi connectivity index (χ0v) is 15.4. The summed E-state index contributed by atoms with van der Waals surface area (Å²) in [4.78, 5) is 12.8. The largest absolute Gasteiger partial charge is 0.486 e. The third-order valence-electron chi connectivity index (χ3n) is 4.69. The predicted molar refractivity (Wildman–Crippen MR) is 99.5 cm³/mol. The van der Waals surface area contributed by atoms with Gasteiger partial charge in [-0.2, -0.15) is 0 Å². The lowest BCUT2D eigenvalue weighted by Gasteiger charge is -2.29. The van der Waals surface area contributed by atoms with Crippen LogP contribution in [0.25, 0.3) is 0 Å². The van der Waals surface area contributed by atoms with Crippen molar-refractivity contribution >= 4 is 5.91 Å². The molecule has 2 aromatic rings. The van der Waals surface area contributed by atoms with Gasteiger partial charge in [0.25, 0.3) is 5.91 Å². The molecule has 142 valence electrons. The quantitative estimate of drug-likeness (QED) is 0.897. The molecule has 6 nitrogen and oxygen atoms in total. The van der Waals surface area contributed by atoms with E-state index in [0.29, 0.717) is 30.5 Å². The summed E-state index contributed by atoms with van der Waals surface area (Å²) >= 11 is 0. The third kappa shape index (κ3) is 3.65. The maximum absolute atomic E-state index is 12.8. The van der Waals surface area contributed by atoms with Crippen LogP contribution in [0.4, 0.5) is 0 Å². The van der Waals surface area contributed by atoms with Crippen molar-refractivity contribution in [2.45, 2.75) is 26.0 Å². The summed E-state index contributed by atoms with van der Waals surface area (Å²) in [5.41, 5.74) is 0.972. The normalized spacial score (nSPS) is 18.7. The highest BCUT2D eigenvalue weighted by atomic mass is 16.6. The first-order valence-electron chi connectivity index (χ1n) is 9.20. The Kier molecular flexibility index (Phi) is 4.79. The molecule has 0 aromatic heterocycles. The highest BCUT2D eigenvalue weighted by Crippen LogP contribution is 2.35. The van der Waals surface area contributed by atoms with E-state index in [0.717, 1.165) is 11.3 Å². The summed E-state index contributed by atoms with van der Waals surface area (Å²) in [6.07, 6.45) is -0.682. The van der Waals surface area contributed by atoms with Crippen LogP contribution in [0, 0.1) is 5.92 Å². The van der Waals surface area contributed by atoms with Crippen LogP contribution in [-0.4, -0.2) is 31.8 Å². The van der Waals surface area contributed by atoms with Crippen LogP contribution < -0.4 is 24.3 Å². The Balaban J connectivity index is 1.50. The van der Waals surface area contributed by atoms with E-state index in [1.165, 1.54) is 0 Å². The van der Waals surface area contributed by atoms with E-state index in [1.807, 2.05) is 36.4 Å². The molecule has 27 heavy (non-hydrogen) atoms. The first-order valence-corrected chi connectivity index (χ1v) is 9.20. The van der Waals surface area contributed by atoms with Crippen LogP contribution in [0.2, 0.25) is 0 Å². The molecule has 1 amide bonds. The zero-order valence-electron chi connectivity index (χ0n) is 15.4. The minimum Gasteiger partial charge on any atom is -0.486 e. The molecule has 0 fully saturated rings. The molecule has 0 radical (unpaired) electrons. The molecule has 2 aliphatic rings. The lowest BCUT2D eigenvalue weighted by atomic mass is 9.95. The second-order valence-electron chi connectivity index (χ2n) is 7.00. The van der Waals surface area contributed by atoms with Crippen LogP contribution in [0.5, 0.6) is 23.0 Å². The first kappa shape index (κ1) is 17.5. The molecule has 0 saturated heterocycles. The SMILES string of the molecule is CC(C)C(NC(=O)C1COc2ccccc2O1)c1ccc2c(c1)OCCO2. The number of rotatable bonds is 4. The number of nitrogens with one attached hydrogen (secondary N) is 1. The Hall–Kier alpha value is -2.89. The van der Waals surface area contributed by atoms with Crippen LogP contribution in [0.15, 0.2) is 42.5 Å². The van der Waals surface area contributed by atoms with Gasteiger partial charge in [0.05, 0.1) is 6.04 Å². The smallest absolute Gasteiger partial charge is 0.265 e. The summed E-state index contributed by atoms with van der Waals surface area (Å²) in [5.74, 6) is 2.69. The molecule has 2 heterocycles. The van der Waals surface area contributed by atoms with E-state index < -0.39 is 6.10 Å². The van der Waals surface area contributed by atoms with Gasteiger partial charge in [0.15, 0.2) is 23.0 Å². The monoisotopic (exact) mass is 369 g/mol. The van der Waals surface area contributed by atoms with Gasteiger partial charge in [-0.15, -0.1) is 0 Å². The van der Waals surface area contributed by atoms with Gasteiger partial charge in [0.2, 0.25) is 6.10 Å². The van der Waals surface area contributed by atoms with Crippen LogP contribution >= 0.6 is 0 Å². The summed E-state index contributed by atoms with van der Waals surface area (Å²) < 4.78 is 22.7. The number of carbonyl (C=O) groups excluding carboxylic acids is 1. The van der Waals surface area contributed by atoms with Gasteiger partial charge in [-0.05, 0) is 35.7 Å². The van der Waals surface area contributed by atoms with Crippen LogP contribution in [0.1, 0.15) is 25.5 Å². The Morgan fingerprint density at radius 2 is 1.67 bits per heavy atom. The van der Waals surface area contributed by atoms with E-state index >= 15 is 0 Å². The van der Waals surface area contributed by atoms with E-state index in [9.17, 15) is 4.79 Å². The van der Waals surface area contributed by atoms with Crippen LogP contribution in [-0.2, 0) is 4.79 Å². The van der Waals surface area contributed by atoms with Gasteiger partial charge in [-0.3, -0.25) is 4.79 Å². The molecule has 2 atom stereocenters. The molecule has 1 N–H and O–H groups in total. The molecular weight excluding hydrogens is 346 g/mol. The predicted octanol–water partition coefficient (Wildman–Crippen LogP) is 3.11. The van der Waals surface area contributed by atoms with Crippen molar-refractivity contribution in [2.75, 3.05) is 19.8 Å². The van der Waals surface area contributed by atoms with E-state index in [4.69, 9.17) is 18.9 Å². The second-order valence-corrected chi connectivity index (χ2v) is 7.00. The van der Waals surface area contributed by atoms with E-state index in [1.54, 1.807) is 6.07 Å². The average molecular weight is 369 g/mol. The van der Waals surface area contributed by atoms with Gasteiger partial charge < -0.3 is 24.3 Å². The van der Waals surface area contributed by atoms with E-state index in [2.05, 4.69) is 19.2 Å². The number of carbonyl (C=O) groups is 1. The van der Waals surface area contributed by atoms with E-state index in [-0.39, 0.29) is 24.5 Å². The highest BCUT2D eigenvalue weighted by Gasteiger charge is 2.30. The molecule has 6 heteroatoms. The number of ether oxygens (including phenoxy) is 4. The fourth-order valence-corrected chi connectivity index (χ4v) is 3.28. The molecule has 4 rings (SSSR count). The highest BCUT2D eigenvalue weighted by molar-refractivity contribution is 5.82. The number of para-hydroxylation sites is 2. The molecule has 0 spiro atoms. The van der Waals surface area contributed by atoms with Gasteiger partial charge in [0.1, 0.15) is 19.8 Å². The van der Waals surface area contributed by atoms with Crippen molar-refractivity contribution in [3.05, 3.63) is 48.0 Å². The Morgan fingerprint density at radius 1 is 0.963 bits per heavy atom. The third-order valence-corrected chi connectivity index (χ3v) is 4.69. The number of benzene rings is 2. The summed E-state index contributed by atoms with van der Waals surface area (Å²) in [6, 6.07) is 13.0. The van der Waals surface area contributed by atoms with Gasteiger partial charge in [0, 0.05) is 0 Å². The maximum Gasteiger partial charge on any atom is 0.265 e. The van der Waals surface area contributed by atoms with Gasteiger partial charge in [-0.1, -0.05) is 32.0 Å². The minimum atomic E-state index is -0.682. The second kappa shape index (κ2) is 7.39. The molecule has 0 aliphatic carbocycles. The summed E-state index contributed by atoms with van der Waals surface area (Å²) in [7, 11) is 0. The molecule has 0 bridgehead atoms. The standard InChI is InChI=1S/C21H23NO5/c1-13(2)20(14-7-8-16-18(11-14)25-10-9-24-16)22-21(23)19-12-26-15-5-3-4-6-17(15)27-19/h3-8,11,13,19-20H,9-10,12H2,1-2H3,(H,22,23). The van der Waals surface area contributed by atoms with Crippen molar-refractivity contribution in [1.29, 1.82) is 0 Å². The molecular formula is C21H23NO5. The average Bonchev–Trinajstić information content (AvgIpc) is 2.71. The number of hydrogen-bond donors (Lipinski definition) is 1. The maximum atomic E-state index is 12.8. The lowest BCUT2D eigenvalue weighted by Crippen LogP contribution is -2.46. The zero-order chi connectivity index (χ0) is 18.8. The van der Waals surface area contributed by atoms with Crippen molar-refractivity contribution in [2.24, 2.45) is 5.92 Å². The Bertz CT molecular complexity index is 835. The van der Waals surface area contributed by atoms with Crippen molar-refractivity contribution in [3.8, 4) is 23.0 Å². The van der Waals surface area contributed by atoms with Crippen molar-refractivity contribution < 1.29 is 23.7 Å². The fourth-order valence-electron chi connectivity index (χ4n) is 3.28. The number of fused-ring (bicyclic) bond motifs is 2. The Morgan fingerprint density at radius 3 is 2.44 bits per heavy atom. The lowest BCUT2D eigenvalue weighted by molar-refractivity contribution is -0.131.